The zero-order chi connectivity index (χ0) is 10.4. The lowest BCUT2D eigenvalue weighted by atomic mass is 10.1. The molecule has 1 rings (SSSR count). The van der Waals surface area contributed by atoms with Gasteiger partial charge in [0.05, 0.1) is 0 Å². The van der Waals surface area contributed by atoms with E-state index < -0.39 is 0 Å². The molecule has 0 aliphatic heterocycles. The fourth-order valence-corrected chi connectivity index (χ4v) is 1.68. The van der Waals surface area contributed by atoms with Gasteiger partial charge in [-0.25, -0.2) is 0 Å². The highest BCUT2D eigenvalue weighted by molar-refractivity contribution is 7.80. The Morgan fingerprint density at radius 1 is 1.14 bits per heavy atom. The first-order valence-corrected chi connectivity index (χ1v) is 5.49. The molecule has 0 spiro atoms. The third-order valence-electron chi connectivity index (χ3n) is 2.36. The third kappa shape index (κ3) is 3.20. The summed E-state index contributed by atoms with van der Waals surface area (Å²) >= 11 is 5.39. The lowest BCUT2D eigenvalue weighted by Gasteiger charge is -2.18. The molecule has 0 saturated heterocycles. The first-order chi connectivity index (χ1) is 6.77. The van der Waals surface area contributed by atoms with Crippen LogP contribution in [0, 0.1) is 0 Å². The van der Waals surface area contributed by atoms with Crippen LogP contribution in [0.3, 0.4) is 0 Å². The molecule has 1 aromatic carbocycles. The van der Waals surface area contributed by atoms with E-state index in [0.717, 1.165) is 24.5 Å². The molecular formula is C12H17NS. The molecule has 0 amide bonds. The predicted molar refractivity (Wildman–Crippen MR) is 65.9 cm³/mol. The molecule has 0 aliphatic rings. The third-order valence-corrected chi connectivity index (χ3v) is 2.72. The van der Waals surface area contributed by atoms with Gasteiger partial charge in [0.2, 0.25) is 0 Å². The summed E-state index contributed by atoms with van der Waals surface area (Å²) in [6.07, 6.45) is 0. The highest BCUT2D eigenvalue weighted by Crippen LogP contribution is 2.03. The van der Waals surface area contributed by atoms with E-state index in [2.05, 4.69) is 30.9 Å². The minimum Gasteiger partial charge on any atom is -0.299 e. The number of rotatable bonds is 5. The highest BCUT2D eigenvalue weighted by Gasteiger charge is 2.04. The van der Waals surface area contributed by atoms with Crippen LogP contribution in [0.1, 0.15) is 19.4 Å². The van der Waals surface area contributed by atoms with Gasteiger partial charge in [0, 0.05) is 11.4 Å². The highest BCUT2D eigenvalue weighted by atomic mass is 32.1. The topological polar surface area (TPSA) is 3.24 Å². The van der Waals surface area contributed by atoms with Gasteiger partial charge in [-0.1, -0.05) is 56.4 Å². The van der Waals surface area contributed by atoms with E-state index in [-0.39, 0.29) is 0 Å². The molecule has 1 aromatic rings. The minimum absolute atomic E-state index is 0.895. The van der Waals surface area contributed by atoms with Crippen molar-refractivity contribution in [2.24, 2.45) is 0 Å². The second kappa shape index (κ2) is 5.89. The molecule has 0 heterocycles. The first kappa shape index (κ1) is 11.3. The van der Waals surface area contributed by atoms with Crippen LogP contribution in [0.2, 0.25) is 0 Å². The average molecular weight is 207 g/mol. The number of hydrogen-bond acceptors (Lipinski definition) is 2. The second-order valence-electron chi connectivity index (χ2n) is 3.25. The van der Waals surface area contributed by atoms with Crippen LogP contribution in [-0.4, -0.2) is 29.4 Å². The summed E-state index contributed by atoms with van der Waals surface area (Å²) < 4.78 is 0. The Morgan fingerprint density at radius 3 is 2.21 bits per heavy atom. The van der Waals surface area contributed by atoms with Gasteiger partial charge in [-0.3, -0.25) is 4.90 Å². The summed E-state index contributed by atoms with van der Waals surface area (Å²) in [5, 5.41) is 0. The zero-order valence-electron chi connectivity index (χ0n) is 8.86. The second-order valence-corrected chi connectivity index (χ2v) is 3.74. The Morgan fingerprint density at radius 2 is 1.71 bits per heavy atom. The summed E-state index contributed by atoms with van der Waals surface area (Å²) in [5.41, 5.74) is 1.18. The standard InChI is InChI=1S/C12H17NS/c1-3-13(4-2)10-12(14)11-8-6-5-7-9-11/h5-9H,3-4,10H2,1-2H3. The lowest BCUT2D eigenvalue weighted by molar-refractivity contribution is 0.349. The summed E-state index contributed by atoms with van der Waals surface area (Å²) in [7, 11) is 0. The smallest absolute Gasteiger partial charge is 0.0364 e. The molecule has 0 aliphatic carbocycles. The van der Waals surface area contributed by atoms with Gasteiger partial charge in [0.15, 0.2) is 0 Å². The van der Waals surface area contributed by atoms with Crippen molar-refractivity contribution in [3.05, 3.63) is 35.9 Å². The minimum atomic E-state index is 0.895. The van der Waals surface area contributed by atoms with Crippen LogP contribution in [-0.2, 0) is 0 Å². The van der Waals surface area contributed by atoms with Crippen molar-refractivity contribution >= 4 is 17.1 Å². The van der Waals surface area contributed by atoms with Crippen molar-refractivity contribution in [3.63, 3.8) is 0 Å². The maximum atomic E-state index is 5.39. The molecular weight excluding hydrogens is 190 g/mol. The molecule has 76 valence electrons. The van der Waals surface area contributed by atoms with Crippen molar-refractivity contribution in [1.82, 2.24) is 4.90 Å². The molecule has 0 saturated carbocycles. The normalized spacial score (nSPS) is 10.5. The Bertz CT molecular complexity index is 278. The monoisotopic (exact) mass is 207 g/mol. The summed E-state index contributed by atoms with van der Waals surface area (Å²) in [5.74, 6) is 0. The van der Waals surface area contributed by atoms with Crippen LogP contribution in [0.4, 0.5) is 0 Å². The summed E-state index contributed by atoms with van der Waals surface area (Å²) in [6, 6.07) is 10.2. The molecule has 0 fully saturated rings. The number of benzene rings is 1. The SMILES string of the molecule is CCN(CC)CC(=S)c1ccccc1. The predicted octanol–water partition coefficient (Wildman–Crippen LogP) is 2.75. The Kier molecular flexibility index (Phi) is 4.77. The maximum Gasteiger partial charge on any atom is 0.0364 e. The maximum absolute atomic E-state index is 5.39. The van der Waals surface area contributed by atoms with E-state index in [9.17, 15) is 0 Å². The molecule has 2 heteroatoms. The molecule has 0 aromatic heterocycles. The van der Waals surface area contributed by atoms with Gasteiger partial charge in [-0.05, 0) is 18.7 Å². The van der Waals surface area contributed by atoms with Crippen LogP contribution in [0.15, 0.2) is 30.3 Å². The van der Waals surface area contributed by atoms with Gasteiger partial charge < -0.3 is 0 Å². The van der Waals surface area contributed by atoms with E-state index >= 15 is 0 Å². The molecule has 0 unspecified atom stereocenters. The Labute approximate surface area is 91.7 Å². The van der Waals surface area contributed by atoms with E-state index in [1.165, 1.54) is 5.56 Å². The molecule has 0 radical (unpaired) electrons. The zero-order valence-corrected chi connectivity index (χ0v) is 9.68. The van der Waals surface area contributed by atoms with Crippen molar-refractivity contribution in [2.45, 2.75) is 13.8 Å². The van der Waals surface area contributed by atoms with E-state index in [0.29, 0.717) is 0 Å². The van der Waals surface area contributed by atoms with Gasteiger partial charge in [0.1, 0.15) is 0 Å². The molecule has 0 atom stereocenters. The first-order valence-electron chi connectivity index (χ1n) is 5.08. The van der Waals surface area contributed by atoms with Crippen molar-refractivity contribution in [3.8, 4) is 0 Å². The molecule has 1 nitrogen and oxygen atoms in total. The van der Waals surface area contributed by atoms with Crippen molar-refractivity contribution in [1.29, 1.82) is 0 Å². The molecule has 0 bridgehead atoms. The molecule has 14 heavy (non-hydrogen) atoms. The molecule has 0 N–H and O–H groups in total. The van der Waals surface area contributed by atoms with Gasteiger partial charge in [-0.2, -0.15) is 0 Å². The Hall–Kier alpha value is -0.730. The van der Waals surface area contributed by atoms with E-state index in [4.69, 9.17) is 12.2 Å². The number of likely N-dealkylation sites (N-methyl/N-ethyl adjacent to an activating group) is 1. The van der Waals surface area contributed by atoms with Crippen LogP contribution in [0.25, 0.3) is 0 Å². The Balaban J connectivity index is 2.59. The largest absolute Gasteiger partial charge is 0.299 e. The average Bonchev–Trinajstić information content (AvgIpc) is 2.26. The quantitative estimate of drug-likeness (QED) is 0.539. The van der Waals surface area contributed by atoms with Gasteiger partial charge in [-0.15, -0.1) is 0 Å². The van der Waals surface area contributed by atoms with Gasteiger partial charge >= 0.3 is 0 Å². The lowest BCUT2D eigenvalue weighted by Crippen LogP contribution is -2.28. The van der Waals surface area contributed by atoms with Crippen molar-refractivity contribution in [2.75, 3.05) is 19.6 Å². The fraction of sp³-hybridized carbons (Fsp3) is 0.417. The van der Waals surface area contributed by atoms with Crippen LogP contribution < -0.4 is 0 Å². The fourth-order valence-electron chi connectivity index (χ4n) is 1.37. The summed E-state index contributed by atoms with van der Waals surface area (Å²) in [6.45, 7) is 7.34. The van der Waals surface area contributed by atoms with Gasteiger partial charge in [0.25, 0.3) is 0 Å². The van der Waals surface area contributed by atoms with Crippen molar-refractivity contribution < 1.29 is 0 Å². The van der Waals surface area contributed by atoms with Crippen LogP contribution >= 0.6 is 12.2 Å². The number of hydrogen-bond donors (Lipinski definition) is 0. The number of nitrogens with zero attached hydrogens (tertiary/aromatic N) is 1. The van der Waals surface area contributed by atoms with E-state index in [1.807, 2.05) is 18.2 Å². The number of thiocarbonyl (C=S) groups is 1. The van der Waals surface area contributed by atoms with E-state index in [1.54, 1.807) is 0 Å². The van der Waals surface area contributed by atoms with Crippen LogP contribution in [0.5, 0.6) is 0 Å². The summed E-state index contributed by atoms with van der Waals surface area (Å²) in [4.78, 5) is 3.37.